The molecular formula is C15H18N2O. The van der Waals surface area contributed by atoms with Crippen LogP contribution in [0.25, 0.3) is 10.9 Å². The number of benzene rings is 1. The van der Waals surface area contributed by atoms with Crippen LogP contribution in [0.5, 0.6) is 0 Å². The first-order valence-electron chi connectivity index (χ1n) is 6.54. The molecule has 18 heavy (non-hydrogen) atoms. The summed E-state index contributed by atoms with van der Waals surface area (Å²) in [7, 11) is 0. The number of amides is 1. The maximum Gasteiger partial charge on any atom is 0.223 e. The van der Waals surface area contributed by atoms with E-state index in [0.29, 0.717) is 6.42 Å². The van der Waals surface area contributed by atoms with Crippen LogP contribution in [0, 0.1) is 6.92 Å². The van der Waals surface area contributed by atoms with E-state index < -0.39 is 0 Å². The molecule has 1 aliphatic rings. The number of hydrogen-bond acceptors (Lipinski definition) is 1. The van der Waals surface area contributed by atoms with Crippen molar-refractivity contribution in [3.05, 3.63) is 35.5 Å². The maximum atomic E-state index is 11.8. The molecule has 0 bridgehead atoms. The molecule has 1 aromatic heterocycles. The predicted molar refractivity (Wildman–Crippen MR) is 72.4 cm³/mol. The van der Waals surface area contributed by atoms with Crippen molar-refractivity contribution in [2.45, 2.75) is 32.7 Å². The van der Waals surface area contributed by atoms with E-state index >= 15 is 0 Å². The topological polar surface area (TPSA) is 36.1 Å². The molecule has 2 heterocycles. The summed E-state index contributed by atoms with van der Waals surface area (Å²) in [5, 5.41) is 1.23. The lowest BCUT2D eigenvalue weighted by molar-refractivity contribution is -0.129. The maximum absolute atomic E-state index is 11.8. The third kappa shape index (κ3) is 1.70. The van der Waals surface area contributed by atoms with Crippen LogP contribution in [0.3, 0.4) is 0 Å². The lowest BCUT2D eigenvalue weighted by Gasteiger charge is -2.24. The number of aryl methyl sites for hydroxylation is 1. The first-order chi connectivity index (χ1) is 8.66. The van der Waals surface area contributed by atoms with E-state index in [-0.39, 0.29) is 11.9 Å². The summed E-state index contributed by atoms with van der Waals surface area (Å²) in [6.45, 7) is 5.09. The standard InChI is InChI=1S/C15H18N2O/c1-10-5-6-12-13(9-16-14(12)8-10)11(2)17-7-3-4-15(17)18/h5-6,8-9,11,16H,3-4,7H2,1-2H3. The van der Waals surface area contributed by atoms with E-state index in [1.807, 2.05) is 11.1 Å². The molecule has 2 aromatic rings. The number of carbonyl (C=O) groups excluding carboxylic acids is 1. The van der Waals surface area contributed by atoms with Gasteiger partial charge in [-0.05, 0) is 37.5 Å². The molecule has 0 aliphatic carbocycles. The molecule has 1 unspecified atom stereocenters. The largest absolute Gasteiger partial charge is 0.361 e. The molecule has 1 N–H and O–H groups in total. The Morgan fingerprint density at radius 1 is 1.39 bits per heavy atom. The lowest BCUT2D eigenvalue weighted by Crippen LogP contribution is -2.27. The Hall–Kier alpha value is -1.77. The molecule has 1 fully saturated rings. The smallest absolute Gasteiger partial charge is 0.223 e. The van der Waals surface area contributed by atoms with Gasteiger partial charge in [0.2, 0.25) is 5.91 Å². The van der Waals surface area contributed by atoms with Crippen molar-refractivity contribution in [1.82, 2.24) is 9.88 Å². The number of carbonyl (C=O) groups is 1. The second-order valence-corrected chi connectivity index (χ2v) is 5.16. The van der Waals surface area contributed by atoms with Gasteiger partial charge in [0.25, 0.3) is 0 Å². The molecule has 3 heteroatoms. The van der Waals surface area contributed by atoms with Crippen LogP contribution >= 0.6 is 0 Å². The van der Waals surface area contributed by atoms with Gasteiger partial charge in [0.05, 0.1) is 6.04 Å². The molecule has 1 aliphatic heterocycles. The number of likely N-dealkylation sites (tertiary alicyclic amines) is 1. The highest BCUT2D eigenvalue weighted by Gasteiger charge is 2.27. The van der Waals surface area contributed by atoms with Crippen molar-refractivity contribution in [2.24, 2.45) is 0 Å². The fourth-order valence-electron chi connectivity index (χ4n) is 2.85. The highest BCUT2D eigenvalue weighted by molar-refractivity contribution is 5.85. The molecule has 0 saturated carbocycles. The Morgan fingerprint density at radius 2 is 2.22 bits per heavy atom. The highest BCUT2D eigenvalue weighted by Crippen LogP contribution is 2.31. The van der Waals surface area contributed by atoms with Gasteiger partial charge in [-0.15, -0.1) is 0 Å². The van der Waals surface area contributed by atoms with Crippen LogP contribution in [-0.4, -0.2) is 22.3 Å². The third-order valence-corrected chi connectivity index (χ3v) is 3.90. The minimum Gasteiger partial charge on any atom is -0.361 e. The van der Waals surface area contributed by atoms with Crippen LogP contribution in [0.2, 0.25) is 0 Å². The molecule has 0 radical (unpaired) electrons. The number of nitrogens with one attached hydrogen (secondary N) is 1. The first kappa shape index (κ1) is 11.3. The monoisotopic (exact) mass is 242 g/mol. The molecule has 94 valence electrons. The van der Waals surface area contributed by atoms with Crippen molar-refractivity contribution < 1.29 is 4.79 Å². The molecule has 1 amide bonds. The fraction of sp³-hybridized carbons (Fsp3) is 0.400. The average molecular weight is 242 g/mol. The third-order valence-electron chi connectivity index (χ3n) is 3.90. The van der Waals surface area contributed by atoms with E-state index in [0.717, 1.165) is 18.5 Å². The van der Waals surface area contributed by atoms with Crippen molar-refractivity contribution in [3.63, 3.8) is 0 Å². The average Bonchev–Trinajstić information content (AvgIpc) is 2.94. The predicted octanol–water partition coefficient (Wildman–Crippen LogP) is 3.16. The van der Waals surface area contributed by atoms with Crippen LogP contribution in [0.1, 0.15) is 36.9 Å². The van der Waals surface area contributed by atoms with Crippen molar-refractivity contribution in [3.8, 4) is 0 Å². The molecule has 1 atom stereocenters. The van der Waals surface area contributed by atoms with Crippen LogP contribution in [-0.2, 0) is 4.79 Å². The highest BCUT2D eigenvalue weighted by atomic mass is 16.2. The van der Waals surface area contributed by atoms with E-state index in [4.69, 9.17) is 0 Å². The van der Waals surface area contributed by atoms with Gasteiger partial charge >= 0.3 is 0 Å². The minimum atomic E-state index is 0.163. The SMILES string of the molecule is Cc1ccc2c(C(C)N3CCCC3=O)c[nH]c2c1. The normalized spacial score (nSPS) is 17.7. The van der Waals surface area contributed by atoms with E-state index in [9.17, 15) is 4.79 Å². The number of fused-ring (bicyclic) bond motifs is 1. The molecule has 3 nitrogen and oxygen atoms in total. The van der Waals surface area contributed by atoms with Crippen LogP contribution < -0.4 is 0 Å². The summed E-state index contributed by atoms with van der Waals surface area (Å²) in [5.74, 6) is 0.281. The zero-order valence-electron chi connectivity index (χ0n) is 10.9. The number of rotatable bonds is 2. The molecule has 1 saturated heterocycles. The number of aromatic nitrogens is 1. The van der Waals surface area contributed by atoms with Gasteiger partial charge in [0, 0.05) is 30.1 Å². The fourth-order valence-corrected chi connectivity index (χ4v) is 2.85. The Labute approximate surface area is 107 Å². The molecule has 3 rings (SSSR count). The van der Waals surface area contributed by atoms with Gasteiger partial charge in [0.1, 0.15) is 0 Å². The number of aromatic amines is 1. The van der Waals surface area contributed by atoms with E-state index in [1.54, 1.807) is 0 Å². The summed E-state index contributed by atoms with van der Waals surface area (Å²) in [6.07, 6.45) is 3.73. The molecule has 0 spiro atoms. The number of H-pyrrole nitrogens is 1. The van der Waals surface area contributed by atoms with Crippen molar-refractivity contribution in [1.29, 1.82) is 0 Å². The van der Waals surface area contributed by atoms with E-state index in [1.165, 1.54) is 16.5 Å². The lowest BCUT2D eigenvalue weighted by atomic mass is 10.0. The Bertz CT molecular complexity index is 600. The second-order valence-electron chi connectivity index (χ2n) is 5.16. The van der Waals surface area contributed by atoms with Crippen LogP contribution in [0.4, 0.5) is 0 Å². The number of nitrogens with zero attached hydrogens (tertiary/aromatic N) is 1. The quantitative estimate of drug-likeness (QED) is 0.862. The van der Waals surface area contributed by atoms with Crippen molar-refractivity contribution in [2.75, 3.05) is 6.54 Å². The summed E-state index contributed by atoms with van der Waals surface area (Å²) in [5.41, 5.74) is 3.63. The second kappa shape index (κ2) is 4.16. The van der Waals surface area contributed by atoms with Gasteiger partial charge < -0.3 is 9.88 Å². The summed E-state index contributed by atoms with van der Waals surface area (Å²) < 4.78 is 0. The molecule has 1 aromatic carbocycles. The number of hydrogen-bond donors (Lipinski definition) is 1. The summed E-state index contributed by atoms with van der Waals surface area (Å²) >= 11 is 0. The zero-order chi connectivity index (χ0) is 12.7. The zero-order valence-corrected chi connectivity index (χ0v) is 10.9. The summed E-state index contributed by atoms with van der Waals surface area (Å²) in [6, 6.07) is 6.58. The Balaban J connectivity index is 2.01. The van der Waals surface area contributed by atoms with E-state index in [2.05, 4.69) is 37.0 Å². The van der Waals surface area contributed by atoms with Crippen molar-refractivity contribution >= 4 is 16.8 Å². The minimum absolute atomic E-state index is 0.163. The van der Waals surface area contributed by atoms with Gasteiger partial charge in [-0.25, -0.2) is 0 Å². The summed E-state index contributed by atoms with van der Waals surface area (Å²) in [4.78, 5) is 17.1. The van der Waals surface area contributed by atoms with Gasteiger partial charge in [-0.1, -0.05) is 12.1 Å². The molecular weight excluding hydrogens is 224 g/mol. The van der Waals surface area contributed by atoms with Gasteiger partial charge in [0.15, 0.2) is 0 Å². The van der Waals surface area contributed by atoms with Gasteiger partial charge in [-0.3, -0.25) is 4.79 Å². The Morgan fingerprint density at radius 3 is 2.94 bits per heavy atom. The first-order valence-corrected chi connectivity index (χ1v) is 6.54. The van der Waals surface area contributed by atoms with Crippen LogP contribution in [0.15, 0.2) is 24.4 Å². The Kier molecular flexibility index (Phi) is 2.62. The van der Waals surface area contributed by atoms with Gasteiger partial charge in [-0.2, -0.15) is 0 Å².